The van der Waals surface area contributed by atoms with Crippen LogP contribution >= 0.6 is 0 Å². The largest absolute Gasteiger partial charge is 0.312 e. The monoisotopic (exact) mass is 225 g/mol. The van der Waals surface area contributed by atoms with Crippen LogP contribution in [0.5, 0.6) is 0 Å². The van der Waals surface area contributed by atoms with Crippen molar-refractivity contribution in [2.24, 2.45) is 0 Å². The minimum absolute atomic E-state index is 0.350. The van der Waals surface area contributed by atoms with Gasteiger partial charge < -0.3 is 0 Å². The predicted octanol–water partition coefficient (Wildman–Crippen LogP) is 2.83. The minimum Gasteiger partial charge on any atom is -0.216 e. The molecule has 0 spiro atoms. The van der Waals surface area contributed by atoms with Crippen molar-refractivity contribution in [1.82, 2.24) is 15.0 Å². The lowest BCUT2D eigenvalue weighted by Crippen LogP contribution is -1.94. The summed E-state index contributed by atoms with van der Waals surface area (Å²) in [5.74, 6) is 0.350. The van der Waals surface area contributed by atoms with Gasteiger partial charge in [0, 0.05) is 5.56 Å². The van der Waals surface area contributed by atoms with Crippen LogP contribution in [0.1, 0.15) is 0 Å². The summed E-state index contributed by atoms with van der Waals surface area (Å²) >= 11 is 0. The zero-order valence-electron chi connectivity index (χ0n) is 8.84. The van der Waals surface area contributed by atoms with Crippen LogP contribution in [0.15, 0.2) is 48.8 Å². The lowest BCUT2D eigenvalue weighted by molar-refractivity contribution is 0.534. The summed E-state index contributed by atoms with van der Waals surface area (Å²) < 4.78 is 12.9. The highest BCUT2D eigenvalue weighted by Gasteiger charge is 2.03. The van der Waals surface area contributed by atoms with Crippen molar-refractivity contribution in [3.05, 3.63) is 54.9 Å². The van der Waals surface area contributed by atoms with Crippen molar-refractivity contribution in [2.45, 2.75) is 0 Å². The van der Waals surface area contributed by atoms with E-state index in [1.165, 1.54) is 6.33 Å². The lowest BCUT2D eigenvalue weighted by Gasteiger charge is -2.01. The maximum atomic E-state index is 12.9. The molecular weight excluding hydrogens is 217 g/mol. The van der Waals surface area contributed by atoms with Gasteiger partial charge in [-0.2, -0.15) is 14.4 Å². The zero-order chi connectivity index (χ0) is 11.7. The molecule has 0 atom stereocenters. The van der Waals surface area contributed by atoms with Gasteiger partial charge in [0.1, 0.15) is 6.33 Å². The summed E-state index contributed by atoms with van der Waals surface area (Å²) in [6, 6.07) is 13.7. The van der Waals surface area contributed by atoms with E-state index in [2.05, 4.69) is 15.0 Å². The minimum atomic E-state index is -0.761. The van der Waals surface area contributed by atoms with Crippen molar-refractivity contribution in [3.63, 3.8) is 0 Å². The van der Waals surface area contributed by atoms with Gasteiger partial charge in [0.2, 0.25) is 0 Å². The van der Waals surface area contributed by atoms with Gasteiger partial charge in [0.05, 0.1) is 0 Å². The third-order valence-electron chi connectivity index (χ3n) is 2.55. The molecule has 3 rings (SSSR count). The van der Waals surface area contributed by atoms with E-state index < -0.39 is 6.08 Å². The fourth-order valence-corrected chi connectivity index (χ4v) is 1.74. The van der Waals surface area contributed by atoms with Crippen molar-refractivity contribution in [3.8, 4) is 11.4 Å². The van der Waals surface area contributed by atoms with Crippen LogP contribution in [0.2, 0.25) is 0 Å². The second-order valence-electron chi connectivity index (χ2n) is 3.64. The number of hydrogen-bond donors (Lipinski definition) is 0. The smallest absolute Gasteiger partial charge is 0.216 e. The highest BCUT2D eigenvalue weighted by molar-refractivity contribution is 5.86. The lowest BCUT2D eigenvalue weighted by atomic mass is 10.1. The first kappa shape index (κ1) is 9.84. The van der Waals surface area contributed by atoms with Gasteiger partial charge in [-0.3, -0.25) is 0 Å². The summed E-state index contributed by atoms with van der Waals surface area (Å²) in [4.78, 5) is 11.0. The number of aromatic nitrogens is 3. The molecule has 0 radical (unpaired) electrons. The Kier molecular flexibility index (Phi) is 2.26. The average molecular weight is 225 g/mol. The SMILES string of the molecule is Fc1ncnc(-c2ccc3ccccc3c2)n1. The van der Waals surface area contributed by atoms with Crippen LogP contribution in [0, 0.1) is 6.08 Å². The molecule has 0 amide bonds. The average Bonchev–Trinajstić information content (AvgIpc) is 2.38. The van der Waals surface area contributed by atoms with Gasteiger partial charge in [-0.05, 0) is 16.8 Å². The van der Waals surface area contributed by atoms with Crippen LogP contribution in [0.3, 0.4) is 0 Å². The Hall–Kier alpha value is -2.36. The van der Waals surface area contributed by atoms with E-state index in [9.17, 15) is 4.39 Å². The Morgan fingerprint density at radius 2 is 1.71 bits per heavy atom. The number of benzene rings is 2. The summed E-state index contributed by atoms with van der Waals surface area (Å²) in [7, 11) is 0. The second-order valence-corrected chi connectivity index (χ2v) is 3.64. The van der Waals surface area contributed by atoms with E-state index in [0.717, 1.165) is 16.3 Å². The van der Waals surface area contributed by atoms with E-state index in [1.807, 2.05) is 42.5 Å². The Morgan fingerprint density at radius 1 is 0.882 bits per heavy atom. The van der Waals surface area contributed by atoms with Gasteiger partial charge in [-0.1, -0.05) is 36.4 Å². The van der Waals surface area contributed by atoms with Gasteiger partial charge in [0.15, 0.2) is 5.82 Å². The zero-order valence-corrected chi connectivity index (χ0v) is 8.84. The Bertz CT molecular complexity index is 682. The molecule has 2 aromatic carbocycles. The molecule has 1 heterocycles. The predicted molar refractivity (Wildman–Crippen MR) is 62.7 cm³/mol. The van der Waals surface area contributed by atoms with E-state index in [-0.39, 0.29) is 0 Å². The topological polar surface area (TPSA) is 38.7 Å². The number of halogens is 1. The summed E-state index contributed by atoms with van der Waals surface area (Å²) in [5, 5.41) is 2.21. The third-order valence-corrected chi connectivity index (χ3v) is 2.55. The van der Waals surface area contributed by atoms with Crippen molar-refractivity contribution in [2.75, 3.05) is 0 Å². The molecule has 3 nitrogen and oxygen atoms in total. The first-order valence-corrected chi connectivity index (χ1v) is 5.17. The standard InChI is InChI=1S/C13H8FN3/c14-13-16-8-15-12(17-13)11-6-5-9-3-1-2-4-10(9)7-11/h1-8H. The molecule has 0 unspecified atom stereocenters. The molecular formula is C13H8FN3. The van der Waals surface area contributed by atoms with Crippen LogP contribution in [0.4, 0.5) is 4.39 Å². The van der Waals surface area contributed by atoms with Gasteiger partial charge >= 0.3 is 6.08 Å². The van der Waals surface area contributed by atoms with Crippen molar-refractivity contribution >= 4 is 10.8 Å². The molecule has 0 aliphatic carbocycles. The molecule has 17 heavy (non-hydrogen) atoms. The Morgan fingerprint density at radius 3 is 2.53 bits per heavy atom. The van der Waals surface area contributed by atoms with Crippen molar-refractivity contribution in [1.29, 1.82) is 0 Å². The molecule has 0 fully saturated rings. The molecule has 0 N–H and O–H groups in total. The maximum Gasteiger partial charge on any atom is 0.312 e. The normalized spacial score (nSPS) is 10.6. The number of nitrogens with zero attached hydrogens (tertiary/aromatic N) is 3. The highest BCUT2D eigenvalue weighted by Crippen LogP contribution is 2.21. The second kappa shape index (κ2) is 3.90. The van der Waals surface area contributed by atoms with Gasteiger partial charge in [-0.25, -0.2) is 4.98 Å². The Balaban J connectivity index is 2.18. The van der Waals surface area contributed by atoms with Crippen LogP contribution in [-0.4, -0.2) is 15.0 Å². The van der Waals surface area contributed by atoms with E-state index in [4.69, 9.17) is 0 Å². The van der Waals surface area contributed by atoms with Crippen molar-refractivity contribution < 1.29 is 4.39 Å². The number of fused-ring (bicyclic) bond motifs is 1. The van der Waals surface area contributed by atoms with E-state index in [1.54, 1.807) is 0 Å². The first-order valence-electron chi connectivity index (χ1n) is 5.17. The fourth-order valence-electron chi connectivity index (χ4n) is 1.74. The number of hydrogen-bond acceptors (Lipinski definition) is 3. The molecule has 1 aromatic heterocycles. The Labute approximate surface area is 97.0 Å². The molecule has 0 saturated heterocycles. The highest BCUT2D eigenvalue weighted by atomic mass is 19.1. The van der Waals surface area contributed by atoms with Crippen LogP contribution in [0.25, 0.3) is 22.2 Å². The van der Waals surface area contributed by atoms with E-state index >= 15 is 0 Å². The molecule has 3 aromatic rings. The molecule has 0 aliphatic rings. The molecule has 0 aliphatic heterocycles. The van der Waals surface area contributed by atoms with E-state index in [0.29, 0.717) is 5.82 Å². The molecule has 4 heteroatoms. The van der Waals surface area contributed by atoms with Gasteiger partial charge in [-0.15, -0.1) is 0 Å². The fraction of sp³-hybridized carbons (Fsp3) is 0. The molecule has 0 saturated carbocycles. The quantitative estimate of drug-likeness (QED) is 0.639. The van der Waals surface area contributed by atoms with Crippen LogP contribution in [-0.2, 0) is 0 Å². The maximum absolute atomic E-state index is 12.9. The van der Waals surface area contributed by atoms with Gasteiger partial charge in [0.25, 0.3) is 0 Å². The summed E-state index contributed by atoms with van der Waals surface area (Å²) in [5.41, 5.74) is 0.782. The summed E-state index contributed by atoms with van der Waals surface area (Å²) in [6.07, 6.45) is 0.413. The molecule has 0 bridgehead atoms. The number of rotatable bonds is 1. The third kappa shape index (κ3) is 1.85. The van der Waals surface area contributed by atoms with Crippen LogP contribution < -0.4 is 0 Å². The molecule has 82 valence electrons. The first-order chi connectivity index (χ1) is 8.33. The summed E-state index contributed by atoms with van der Waals surface area (Å²) in [6.45, 7) is 0.